The summed E-state index contributed by atoms with van der Waals surface area (Å²) in [6.45, 7) is 7.94. The first-order valence-electron chi connectivity index (χ1n) is 9.04. The molecule has 2 heterocycles. The Morgan fingerprint density at radius 3 is 2.62 bits per heavy atom. The number of fused-ring (bicyclic) bond motifs is 1. The van der Waals surface area contributed by atoms with Crippen molar-refractivity contribution in [3.8, 4) is 0 Å². The maximum Gasteiger partial charge on any atom is 0.410 e. The highest BCUT2D eigenvalue weighted by Crippen LogP contribution is 2.23. The van der Waals surface area contributed by atoms with Crippen molar-refractivity contribution in [2.45, 2.75) is 45.8 Å². The lowest BCUT2D eigenvalue weighted by Crippen LogP contribution is -2.40. The second-order valence-electron chi connectivity index (χ2n) is 7.96. The molecule has 1 N–H and O–H groups in total. The van der Waals surface area contributed by atoms with Gasteiger partial charge in [0.05, 0.1) is 6.54 Å². The number of ether oxygens (including phenoxy) is 1. The average molecular weight is 365 g/mol. The molecule has 8 heteroatoms. The van der Waals surface area contributed by atoms with Gasteiger partial charge in [0.1, 0.15) is 5.60 Å². The van der Waals surface area contributed by atoms with Crippen molar-refractivity contribution in [3.63, 3.8) is 0 Å². The summed E-state index contributed by atoms with van der Waals surface area (Å²) in [6, 6.07) is 0. The third-order valence-electron chi connectivity index (χ3n) is 4.18. The normalized spacial score (nSPS) is 14.3. The first-order valence-corrected chi connectivity index (χ1v) is 9.04. The summed E-state index contributed by atoms with van der Waals surface area (Å²) < 4.78 is 7.20. The maximum atomic E-state index is 12.5. The number of carbonyl (C=O) groups is 2. The molecule has 0 aromatic carbocycles. The largest absolute Gasteiger partial charge is 0.444 e. The predicted octanol–water partition coefficient (Wildman–Crippen LogP) is 1.39. The van der Waals surface area contributed by atoms with E-state index in [-0.39, 0.29) is 12.0 Å². The zero-order valence-corrected chi connectivity index (χ0v) is 16.8. The molecule has 0 atom stereocenters. The summed E-state index contributed by atoms with van der Waals surface area (Å²) >= 11 is 0. The topological polar surface area (TPSA) is 79.7 Å². The monoisotopic (exact) mass is 365 g/mol. The van der Waals surface area contributed by atoms with Crippen LogP contribution in [0.4, 0.5) is 4.79 Å². The number of rotatable bonds is 5. The predicted molar refractivity (Wildman–Crippen MR) is 99.1 cm³/mol. The fourth-order valence-corrected chi connectivity index (χ4v) is 2.94. The van der Waals surface area contributed by atoms with Crippen LogP contribution in [0.5, 0.6) is 0 Å². The molecule has 1 aromatic heterocycles. The molecule has 1 aliphatic heterocycles. The molecular formula is C18H31N5O3. The van der Waals surface area contributed by atoms with E-state index in [2.05, 4.69) is 15.3 Å². The number of hydrogen-bond donors (Lipinski definition) is 1. The van der Waals surface area contributed by atoms with E-state index < -0.39 is 5.60 Å². The molecule has 0 spiro atoms. The fraction of sp³-hybridized carbons (Fsp3) is 0.722. The summed E-state index contributed by atoms with van der Waals surface area (Å²) in [5.74, 6) is -0.188. The van der Waals surface area contributed by atoms with E-state index in [0.29, 0.717) is 31.7 Å². The van der Waals surface area contributed by atoms with Gasteiger partial charge < -0.3 is 19.9 Å². The molecule has 1 aromatic rings. The number of nitrogens with one attached hydrogen (secondary N) is 1. The van der Waals surface area contributed by atoms with Gasteiger partial charge in [0.2, 0.25) is 0 Å². The molecule has 2 amide bonds. The van der Waals surface area contributed by atoms with E-state index in [0.717, 1.165) is 24.2 Å². The molecule has 0 saturated carbocycles. The highest BCUT2D eigenvalue weighted by atomic mass is 16.6. The van der Waals surface area contributed by atoms with Gasteiger partial charge in [0.25, 0.3) is 5.91 Å². The molecule has 0 aliphatic carbocycles. The van der Waals surface area contributed by atoms with Crippen LogP contribution in [-0.4, -0.2) is 70.9 Å². The van der Waals surface area contributed by atoms with Crippen molar-refractivity contribution in [1.29, 1.82) is 0 Å². The second-order valence-corrected chi connectivity index (χ2v) is 7.96. The van der Waals surface area contributed by atoms with Crippen LogP contribution in [-0.2, 0) is 24.8 Å². The van der Waals surface area contributed by atoms with Gasteiger partial charge in [0.15, 0.2) is 5.69 Å². The Labute approximate surface area is 155 Å². The van der Waals surface area contributed by atoms with Crippen LogP contribution in [0.25, 0.3) is 0 Å². The van der Waals surface area contributed by atoms with Crippen molar-refractivity contribution in [1.82, 2.24) is 24.9 Å². The number of carbonyl (C=O) groups excluding carboxylic acids is 2. The van der Waals surface area contributed by atoms with Crippen molar-refractivity contribution < 1.29 is 14.3 Å². The zero-order chi connectivity index (χ0) is 19.5. The second kappa shape index (κ2) is 8.07. The van der Waals surface area contributed by atoms with Crippen molar-refractivity contribution in [2.24, 2.45) is 7.05 Å². The SMILES string of the molecule is CN(C)CCCNC(=O)c1nn(C)c2c1CN(C(=O)OC(C)(C)C)CC2. The Morgan fingerprint density at radius 2 is 2.00 bits per heavy atom. The summed E-state index contributed by atoms with van der Waals surface area (Å²) in [5, 5.41) is 7.31. The number of nitrogens with zero attached hydrogens (tertiary/aromatic N) is 4. The van der Waals surface area contributed by atoms with Crippen molar-refractivity contribution in [2.75, 3.05) is 33.7 Å². The van der Waals surface area contributed by atoms with Crippen LogP contribution >= 0.6 is 0 Å². The minimum absolute atomic E-state index is 0.188. The van der Waals surface area contributed by atoms with Gasteiger partial charge in [0, 0.05) is 37.8 Å². The average Bonchev–Trinajstić information content (AvgIpc) is 2.86. The van der Waals surface area contributed by atoms with Gasteiger partial charge in [-0.25, -0.2) is 4.79 Å². The van der Waals surface area contributed by atoms with Gasteiger partial charge in [-0.15, -0.1) is 0 Å². The van der Waals surface area contributed by atoms with Gasteiger partial charge in [-0.1, -0.05) is 0 Å². The smallest absolute Gasteiger partial charge is 0.410 e. The molecule has 2 rings (SSSR count). The van der Waals surface area contributed by atoms with Crippen LogP contribution < -0.4 is 5.32 Å². The Balaban J connectivity index is 2.06. The minimum Gasteiger partial charge on any atom is -0.444 e. The number of aryl methyl sites for hydroxylation is 1. The van der Waals surface area contributed by atoms with E-state index in [4.69, 9.17) is 4.74 Å². The standard InChI is InChI=1S/C18H31N5O3/c1-18(2,3)26-17(25)23-11-8-14-13(12-23)15(20-22(14)6)16(24)19-9-7-10-21(4)5/h7-12H2,1-6H3,(H,19,24). The molecule has 0 bridgehead atoms. The quantitative estimate of drug-likeness (QED) is 0.798. The van der Waals surface area contributed by atoms with Crippen LogP contribution in [0.1, 0.15) is 48.9 Å². The maximum absolute atomic E-state index is 12.5. The lowest BCUT2D eigenvalue weighted by Gasteiger charge is -2.30. The fourth-order valence-electron chi connectivity index (χ4n) is 2.94. The first-order chi connectivity index (χ1) is 12.1. The third kappa shape index (κ3) is 5.20. The Morgan fingerprint density at radius 1 is 1.31 bits per heavy atom. The Bertz CT molecular complexity index is 661. The first kappa shape index (κ1) is 20.2. The minimum atomic E-state index is -0.543. The van der Waals surface area contributed by atoms with Gasteiger partial charge in [-0.3, -0.25) is 9.48 Å². The lowest BCUT2D eigenvalue weighted by atomic mass is 10.0. The van der Waals surface area contributed by atoms with Crippen LogP contribution in [0.15, 0.2) is 0 Å². The zero-order valence-electron chi connectivity index (χ0n) is 16.8. The molecule has 1 aliphatic rings. The highest BCUT2D eigenvalue weighted by Gasteiger charge is 2.31. The van der Waals surface area contributed by atoms with E-state index in [9.17, 15) is 9.59 Å². The Hall–Kier alpha value is -2.09. The van der Waals surface area contributed by atoms with E-state index in [1.165, 1.54) is 0 Å². The summed E-state index contributed by atoms with van der Waals surface area (Å²) in [4.78, 5) is 28.6. The Kier molecular flexibility index (Phi) is 6.28. The van der Waals surface area contributed by atoms with Crippen molar-refractivity contribution >= 4 is 12.0 Å². The summed E-state index contributed by atoms with van der Waals surface area (Å²) in [5.41, 5.74) is 1.68. The molecule has 26 heavy (non-hydrogen) atoms. The molecule has 0 unspecified atom stereocenters. The third-order valence-corrected chi connectivity index (χ3v) is 4.18. The van der Waals surface area contributed by atoms with Crippen molar-refractivity contribution in [3.05, 3.63) is 17.0 Å². The number of hydrogen-bond acceptors (Lipinski definition) is 5. The van der Waals surface area contributed by atoms with Crippen LogP contribution in [0.2, 0.25) is 0 Å². The molecule has 8 nitrogen and oxygen atoms in total. The van der Waals surface area contributed by atoms with Crippen LogP contribution in [0.3, 0.4) is 0 Å². The number of aromatic nitrogens is 2. The van der Waals surface area contributed by atoms with E-state index >= 15 is 0 Å². The summed E-state index contributed by atoms with van der Waals surface area (Å²) in [7, 11) is 5.84. The lowest BCUT2D eigenvalue weighted by molar-refractivity contribution is 0.0221. The molecule has 0 saturated heterocycles. The number of amides is 2. The van der Waals surface area contributed by atoms with E-state index in [1.807, 2.05) is 41.9 Å². The van der Waals surface area contributed by atoms with Gasteiger partial charge >= 0.3 is 6.09 Å². The van der Waals surface area contributed by atoms with Gasteiger partial charge in [-0.05, 0) is 47.8 Å². The van der Waals surface area contributed by atoms with Crippen LogP contribution in [0, 0.1) is 0 Å². The highest BCUT2D eigenvalue weighted by molar-refractivity contribution is 5.94. The van der Waals surface area contributed by atoms with E-state index in [1.54, 1.807) is 9.58 Å². The molecule has 0 radical (unpaired) electrons. The molecular weight excluding hydrogens is 334 g/mol. The molecule has 146 valence electrons. The van der Waals surface area contributed by atoms with Gasteiger partial charge in [-0.2, -0.15) is 5.10 Å². The summed E-state index contributed by atoms with van der Waals surface area (Å²) in [6.07, 6.45) is 1.17. The molecule has 0 fully saturated rings.